The minimum Gasteiger partial charge on any atom is -0.356 e. The number of hydrogen-bond donors (Lipinski definition) is 1. The molecule has 2 heterocycles. The quantitative estimate of drug-likeness (QED) is 0.714. The highest BCUT2D eigenvalue weighted by molar-refractivity contribution is 5.79. The second kappa shape index (κ2) is 3.77. The molecule has 1 saturated heterocycles. The van der Waals surface area contributed by atoms with E-state index in [1.165, 1.54) is 6.33 Å². The van der Waals surface area contributed by atoms with Gasteiger partial charge in [-0.25, -0.2) is 4.98 Å². The van der Waals surface area contributed by atoms with Crippen molar-refractivity contribution in [3.05, 3.63) is 12.2 Å². The molecule has 5 nitrogen and oxygen atoms in total. The van der Waals surface area contributed by atoms with Crippen LogP contribution in [0.1, 0.15) is 18.7 Å². The van der Waals surface area contributed by atoms with E-state index in [1.54, 1.807) is 4.68 Å². The van der Waals surface area contributed by atoms with Crippen molar-refractivity contribution >= 4 is 5.91 Å². The summed E-state index contributed by atoms with van der Waals surface area (Å²) in [5.41, 5.74) is 0. The van der Waals surface area contributed by atoms with Crippen molar-refractivity contribution in [3.8, 4) is 0 Å². The lowest BCUT2D eigenvalue weighted by Crippen LogP contribution is -2.37. The Balaban J connectivity index is 2.03. The zero-order valence-corrected chi connectivity index (χ0v) is 8.23. The van der Waals surface area contributed by atoms with Gasteiger partial charge in [-0.1, -0.05) is 0 Å². The first-order valence-electron chi connectivity index (χ1n) is 4.88. The lowest BCUT2D eigenvalue weighted by molar-refractivity contribution is -0.126. The Morgan fingerprint density at radius 3 is 3.21 bits per heavy atom. The van der Waals surface area contributed by atoms with E-state index in [0.717, 1.165) is 25.2 Å². The van der Waals surface area contributed by atoms with Crippen LogP contribution in [0.15, 0.2) is 6.33 Å². The number of piperidine rings is 1. The summed E-state index contributed by atoms with van der Waals surface area (Å²) >= 11 is 0. The maximum absolute atomic E-state index is 11.5. The summed E-state index contributed by atoms with van der Waals surface area (Å²) in [7, 11) is 1.85. The lowest BCUT2D eigenvalue weighted by atomic mass is 9.95. The monoisotopic (exact) mass is 194 g/mol. The third-order valence-corrected chi connectivity index (χ3v) is 2.63. The van der Waals surface area contributed by atoms with Gasteiger partial charge >= 0.3 is 0 Å². The van der Waals surface area contributed by atoms with Gasteiger partial charge in [-0.3, -0.25) is 9.48 Å². The van der Waals surface area contributed by atoms with Crippen LogP contribution >= 0.6 is 0 Å². The average molecular weight is 194 g/mol. The molecule has 0 aromatic carbocycles. The van der Waals surface area contributed by atoms with Crippen LogP contribution in [0.2, 0.25) is 0 Å². The summed E-state index contributed by atoms with van der Waals surface area (Å²) in [6.07, 6.45) is 4.24. The van der Waals surface area contributed by atoms with Crippen LogP contribution in [-0.4, -0.2) is 27.2 Å². The third kappa shape index (κ3) is 1.76. The molecular weight excluding hydrogens is 180 g/mol. The molecule has 1 aromatic heterocycles. The molecule has 0 radical (unpaired) electrons. The summed E-state index contributed by atoms with van der Waals surface area (Å²) in [4.78, 5) is 15.6. The molecule has 1 amide bonds. The fourth-order valence-electron chi connectivity index (χ4n) is 1.76. The van der Waals surface area contributed by atoms with E-state index in [4.69, 9.17) is 0 Å². The SMILES string of the molecule is Cn1ncnc1CC1CCCNC1=O. The molecule has 1 aromatic rings. The van der Waals surface area contributed by atoms with Gasteiger partial charge in [0.25, 0.3) is 0 Å². The van der Waals surface area contributed by atoms with Crippen molar-refractivity contribution in [1.82, 2.24) is 20.1 Å². The Bertz CT molecular complexity index is 333. The number of aromatic nitrogens is 3. The number of amides is 1. The first kappa shape index (κ1) is 9.18. The van der Waals surface area contributed by atoms with Crippen molar-refractivity contribution in [2.24, 2.45) is 13.0 Å². The van der Waals surface area contributed by atoms with Gasteiger partial charge in [-0.05, 0) is 12.8 Å². The minimum absolute atomic E-state index is 0.0756. The van der Waals surface area contributed by atoms with E-state index in [9.17, 15) is 4.79 Å². The van der Waals surface area contributed by atoms with Crippen LogP contribution in [0.5, 0.6) is 0 Å². The molecule has 1 fully saturated rings. The second-order valence-corrected chi connectivity index (χ2v) is 3.63. The van der Waals surface area contributed by atoms with E-state index < -0.39 is 0 Å². The standard InChI is InChI=1S/C9H14N4O/c1-13-8(11-6-12-13)5-7-3-2-4-10-9(7)14/h6-7H,2-5H2,1H3,(H,10,14). The number of nitrogens with zero attached hydrogens (tertiary/aromatic N) is 3. The smallest absolute Gasteiger partial charge is 0.223 e. The van der Waals surface area contributed by atoms with E-state index in [1.807, 2.05) is 7.05 Å². The molecule has 5 heteroatoms. The van der Waals surface area contributed by atoms with Crippen molar-refractivity contribution < 1.29 is 4.79 Å². The third-order valence-electron chi connectivity index (χ3n) is 2.63. The highest BCUT2D eigenvalue weighted by Gasteiger charge is 2.23. The zero-order valence-electron chi connectivity index (χ0n) is 8.23. The van der Waals surface area contributed by atoms with Crippen LogP contribution < -0.4 is 5.32 Å². The molecule has 1 atom stereocenters. The Hall–Kier alpha value is -1.39. The summed E-state index contributed by atoms with van der Waals surface area (Å²) < 4.78 is 1.72. The van der Waals surface area contributed by atoms with Gasteiger partial charge in [0.15, 0.2) is 0 Å². The normalized spacial score (nSPS) is 22.1. The zero-order chi connectivity index (χ0) is 9.97. The number of carbonyl (C=O) groups excluding carboxylic acids is 1. The first-order chi connectivity index (χ1) is 6.77. The summed E-state index contributed by atoms with van der Waals surface area (Å²) in [6, 6.07) is 0. The van der Waals surface area contributed by atoms with Gasteiger partial charge in [0.05, 0.1) is 0 Å². The van der Waals surface area contributed by atoms with Crippen molar-refractivity contribution in [2.75, 3.05) is 6.54 Å². The van der Waals surface area contributed by atoms with Crippen LogP contribution in [0.3, 0.4) is 0 Å². The largest absolute Gasteiger partial charge is 0.356 e. The van der Waals surface area contributed by atoms with Crippen molar-refractivity contribution in [3.63, 3.8) is 0 Å². The Morgan fingerprint density at radius 1 is 1.71 bits per heavy atom. The second-order valence-electron chi connectivity index (χ2n) is 3.63. The fraction of sp³-hybridized carbons (Fsp3) is 0.667. The summed E-state index contributed by atoms with van der Waals surface area (Å²) in [5.74, 6) is 1.11. The topological polar surface area (TPSA) is 59.8 Å². The number of rotatable bonds is 2. The van der Waals surface area contributed by atoms with Crippen molar-refractivity contribution in [1.29, 1.82) is 0 Å². The summed E-state index contributed by atoms with van der Waals surface area (Å²) in [6.45, 7) is 0.814. The molecule has 2 rings (SSSR count). The highest BCUT2D eigenvalue weighted by Crippen LogP contribution is 2.15. The predicted octanol–water partition coefficient (Wildman–Crippen LogP) is -0.116. The van der Waals surface area contributed by atoms with Crippen LogP contribution in [0.4, 0.5) is 0 Å². The Kier molecular flexibility index (Phi) is 2.47. The first-order valence-corrected chi connectivity index (χ1v) is 4.88. The molecule has 1 aliphatic heterocycles. The fourth-order valence-corrected chi connectivity index (χ4v) is 1.76. The average Bonchev–Trinajstić information content (AvgIpc) is 2.56. The molecule has 0 spiro atoms. The van der Waals surface area contributed by atoms with E-state index >= 15 is 0 Å². The lowest BCUT2D eigenvalue weighted by Gasteiger charge is -2.20. The summed E-state index contributed by atoms with van der Waals surface area (Å²) in [5, 5.41) is 6.85. The number of aryl methyl sites for hydroxylation is 1. The van der Waals surface area contributed by atoms with Gasteiger partial charge in [-0.2, -0.15) is 5.10 Å². The van der Waals surface area contributed by atoms with E-state index in [0.29, 0.717) is 6.42 Å². The van der Waals surface area contributed by atoms with Crippen LogP contribution in [0, 0.1) is 5.92 Å². The molecule has 0 bridgehead atoms. The number of nitrogens with one attached hydrogen (secondary N) is 1. The number of carbonyl (C=O) groups is 1. The number of hydrogen-bond acceptors (Lipinski definition) is 3. The Morgan fingerprint density at radius 2 is 2.57 bits per heavy atom. The Labute approximate surface area is 82.5 Å². The highest BCUT2D eigenvalue weighted by atomic mass is 16.1. The molecule has 1 aliphatic rings. The van der Waals surface area contributed by atoms with Gasteiger partial charge in [0, 0.05) is 25.9 Å². The molecule has 1 unspecified atom stereocenters. The van der Waals surface area contributed by atoms with E-state index in [2.05, 4.69) is 15.4 Å². The molecule has 0 aliphatic carbocycles. The molecule has 76 valence electrons. The predicted molar refractivity (Wildman–Crippen MR) is 50.4 cm³/mol. The van der Waals surface area contributed by atoms with Crippen LogP contribution in [0.25, 0.3) is 0 Å². The van der Waals surface area contributed by atoms with E-state index in [-0.39, 0.29) is 11.8 Å². The maximum Gasteiger partial charge on any atom is 0.223 e. The van der Waals surface area contributed by atoms with Crippen molar-refractivity contribution in [2.45, 2.75) is 19.3 Å². The maximum atomic E-state index is 11.5. The van der Waals surface area contributed by atoms with Gasteiger partial charge in [0.1, 0.15) is 12.2 Å². The van der Waals surface area contributed by atoms with Gasteiger partial charge in [0.2, 0.25) is 5.91 Å². The molecule has 14 heavy (non-hydrogen) atoms. The van der Waals surface area contributed by atoms with Gasteiger partial charge < -0.3 is 5.32 Å². The van der Waals surface area contributed by atoms with Crippen LogP contribution in [-0.2, 0) is 18.3 Å². The molecule has 0 saturated carbocycles. The molecular formula is C9H14N4O. The van der Waals surface area contributed by atoms with Gasteiger partial charge in [-0.15, -0.1) is 0 Å². The minimum atomic E-state index is 0.0756. The molecule has 1 N–H and O–H groups in total.